The molecule has 136 valence electrons. The van der Waals surface area contributed by atoms with E-state index in [-0.39, 0.29) is 5.91 Å². The van der Waals surface area contributed by atoms with Crippen LogP contribution in [0.2, 0.25) is 5.02 Å². The van der Waals surface area contributed by atoms with E-state index >= 15 is 0 Å². The molecule has 0 saturated carbocycles. The van der Waals surface area contributed by atoms with Crippen LogP contribution in [0.25, 0.3) is 0 Å². The molecule has 0 fully saturated rings. The number of rotatable bonds is 9. The number of nitrogens with zero attached hydrogens (tertiary/aromatic N) is 2. The predicted molar refractivity (Wildman–Crippen MR) is 102 cm³/mol. The molecule has 1 amide bonds. The Hall–Kier alpha value is -1.49. The Labute approximate surface area is 159 Å². The van der Waals surface area contributed by atoms with Crippen LogP contribution in [0.3, 0.4) is 0 Å². The number of carbonyl (C=O) groups excluding carboxylic acids is 1. The summed E-state index contributed by atoms with van der Waals surface area (Å²) in [6.45, 7) is 4.10. The molecule has 0 radical (unpaired) electrons. The Kier molecular flexibility index (Phi) is 7.82. The number of carbonyl (C=O) groups is 1. The zero-order valence-electron chi connectivity index (χ0n) is 14.6. The summed E-state index contributed by atoms with van der Waals surface area (Å²) in [6.07, 6.45) is 2.78. The molecule has 0 bridgehead atoms. The first kappa shape index (κ1) is 19.8. The van der Waals surface area contributed by atoms with Crippen LogP contribution >= 0.6 is 23.2 Å². The third-order valence-electron chi connectivity index (χ3n) is 4.00. The SMILES string of the molecule is COCCCN(Cc1cccn1Cc1ccccc1Cl)C(=O)C(C)Cl. The first-order valence-electron chi connectivity index (χ1n) is 8.32. The molecule has 0 aliphatic heterocycles. The average Bonchev–Trinajstić information content (AvgIpc) is 3.02. The van der Waals surface area contributed by atoms with Crippen LogP contribution in [0.5, 0.6) is 0 Å². The Morgan fingerprint density at radius 1 is 1.28 bits per heavy atom. The third kappa shape index (κ3) is 5.77. The van der Waals surface area contributed by atoms with E-state index in [1.165, 1.54) is 0 Å². The van der Waals surface area contributed by atoms with E-state index in [1.807, 2.05) is 42.6 Å². The van der Waals surface area contributed by atoms with Gasteiger partial charge in [0.2, 0.25) is 5.91 Å². The number of amides is 1. The largest absolute Gasteiger partial charge is 0.385 e. The van der Waals surface area contributed by atoms with Crippen LogP contribution < -0.4 is 0 Å². The number of ether oxygens (including phenoxy) is 1. The van der Waals surface area contributed by atoms with Crippen molar-refractivity contribution in [2.75, 3.05) is 20.3 Å². The Morgan fingerprint density at radius 3 is 2.72 bits per heavy atom. The third-order valence-corrected chi connectivity index (χ3v) is 4.56. The van der Waals surface area contributed by atoms with E-state index in [0.717, 1.165) is 22.7 Å². The molecule has 1 unspecified atom stereocenters. The summed E-state index contributed by atoms with van der Waals surface area (Å²) in [6, 6.07) is 11.8. The van der Waals surface area contributed by atoms with Crippen molar-refractivity contribution in [3.8, 4) is 0 Å². The minimum Gasteiger partial charge on any atom is -0.385 e. The topological polar surface area (TPSA) is 34.5 Å². The summed E-state index contributed by atoms with van der Waals surface area (Å²) in [5.41, 5.74) is 2.09. The number of benzene rings is 1. The van der Waals surface area contributed by atoms with Crippen molar-refractivity contribution >= 4 is 29.1 Å². The second-order valence-corrected chi connectivity index (χ2v) is 7.00. The Morgan fingerprint density at radius 2 is 2.04 bits per heavy atom. The highest BCUT2D eigenvalue weighted by atomic mass is 35.5. The van der Waals surface area contributed by atoms with Gasteiger partial charge in [0.15, 0.2) is 0 Å². The molecule has 2 rings (SSSR count). The normalized spacial score (nSPS) is 12.2. The summed E-state index contributed by atoms with van der Waals surface area (Å²) in [4.78, 5) is 14.2. The van der Waals surface area contributed by atoms with Crippen molar-refractivity contribution in [3.63, 3.8) is 0 Å². The molecule has 1 atom stereocenters. The van der Waals surface area contributed by atoms with Gasteiger partial charge in [0.25, 0.3) is 0 Å². The van der Waals surface area contributed by atoms with Crippen molar-refractivity contribution in [1.29, 1.82) is 0 Å². The summed E-state index contributed by atoms with van der Waals surface area (Å²) < 4.78 is 7.20. The number of methoxy groups -OCH3 is 1. The number of aromatic nitrogens is 1. The number of alkyl halides is 1. The van der Waals surface area contributed by atoms with Crippen LogP contribution in [-0.2, 0) is 22.6 Å². The molecule has 6 heteroatoms. The maximum absolute atomic E-state index is 12.4. The highest BCUT2D eigenvalue weighted by Gasteiger charge is 2.19. The van der Waals surface area contributed by atoms with E-state index in [2.05, 4.69) is 4.57 Å². The molecule has 0 saturated heterocycles. The van der Waals surface area contributed by atoms with Gasteiger partial charge in [-0.25, -0.2) is 0 Å². The number of hydrogen-bond donors (Lipinski definition) is 0. The lowest BCUT2D eigenvalue weighted by atomic mass is 10.2. The molecule has 0 aliphatic rings. The molecule has 0 aliphatic carbocycles. The maximum atomic E-state index is 12.4. The molecule has 0 N–H and O–H groups in total. The summed E-state index contributed by atoms with van der Waals surface area (Å²) in [5.74, 6) is -0.0664. The second-order valence-electron chi connectivity index (χ2n) is 5.94. The van der Waals surface area contributed by atoms with Crippen LogP contribution in [-0.4, -0.2) is 41.0 Å². The lowest BCUT2D eigenvalue weighted by Crippen LogP contribution is -2.37. The zero-order chi connectivity index (χ0) is 18.2. The first-order chi connectivity index (χ1) is 12.0. The fourth-order valence-corrected chi connectivity index (χ4v) is 3.00. The highest BCUT2D eigenvalue weighted by molar-refractivity contribution is 6.31. The second kappa shape index (κ2) is 9.85. The minimum atomic E-state index is -0.547. The fraction of sp³-hybridized carbons (Fsp3) is 0.421. The monoisotopic (exact) mass is 382 g/mol. The van der Waals surface area contributed by atoms with Gasteiger partial charge in [0.05, 0.1) is 6.54 Å². The van der Waals surface area contributed by atoms with E-state index in [0.29, 0.717) is 26.2 Å². The van der Waals surface area contributed by atoms with Gasteiger partial charge in [-0.05, 0) is 37.1 Å². The smallest absolute Gasteiger partial charge is 0.240 e. The van der Waals surface area contributed by atoms with Crippen molar-refractivity contribution in [3.05, 3.63) is 58.9 Å². The highest BCUT2D eigenvalue weighted by Crippen LogP contribution is 2.18. The molecule has 4 nitrogen and oxygen atoms in total. The summed E-state index contributed by atoms with van der Waals surface area (Å²) in [7, 11) is 1.66. The Bertz CT molecular complexity index is 686. The van der Waals surface area contributed by atoms with Crippen LogP contribution in [0, 0.1) is 0 Å². The molecule has 2 aromatic rings. The molecule has 1 heterocycles. The number of halogens is 2. The van der Waals surface area contributed by atoms with Gasteiger partial charge in [0, 0.05) is 43.7 Å². The summed E-state index contributed by atoms with van der Waals surface area (Å²) >= 11 is 12.3. The first-order valence-corrected chi connectivity index (χ1v) is 9.13. The molecule has 1 aromatic carbocycles. The lowest BCUT2D eigenvalue weighted by molar-refractivity contribution is -0.131. The van der Waals surface area contributed by atoms with Gasteiger partial charge in [-0.1, -0.05) is 29.8 Å². The van der Waals surface area contributed by atoms with E-state index in [1.54, 1.807) is 18.9 Å². The van der Waals surface area contributed by atoms with Crippen molar-refractivity contribution in [2.45, 2.75) is 31.8 Å². The Balaban J connectivity index is 2.12. The quantitative estimate of drug-likeness (QED) is 0.481. The van der Waals surface area contributed by atoms with Gasteiger partial charge in [-0.2, -0.15) is 0 Å². The maximum Gasteiger partial charge on any atom is 0.240 e. The lowest BCUT2D eigenvalue weighted by Gasteiger charge is -2.24. The van der Waals surface area contributed by atoms with Gasteiger partial charge in [0.1, 0.15) is 5.38 Å². The van der Waals surface area contributed by atoms with Crippen molar-refractivity contribution < 1.29 is 9.53 Å². The van der Waals surface area contributed by atoms with Gasteiger partial charge < -0.3 is 14.2 Å². The van der Waals surface area contributed by atoms with Crippen LogP contribution in [0.15, 0.2) is 42.6 Å². The van der Waals surface area contributed by atoms with E-state index < -0.39 is 5.38 Å². The number of hydrogen-bond acceptors (Lipinski definition) is 2. The fourth-order valence-electron chi connectivity index (χ4n) is 2.67. The molecule has 1 aromatic heterocycles. The van der Waals surface area contributed by atoms with E-state index in [4.69, 9.17) is 27.9 Å². The standard InChI is InChI=1S/C19H24Cl2N2O2/c1-15(20)19(24)23(11-6-12-25-2)14-17-8-5-10-22(17)13-16-7-3-4-9-18(16)21/h3-5,7-10,15H,6,11-14H2,1-2H3. The van der Waals surface area contributed by atoms with Gasteiger partial charge in [-0.3, -0.25) is 4.79 Å². The van der Waals surface area contributed by atoms with Crippen molar-refractivity contribution in [1.82, 2.24) is 9.47 Å². The molecular formula is C19H24Cl2N2O2. The average molecular weight is 383 g/mol. The molecular weight excluding hydrogens is 359 g/mol. The van der Waals surface area contributed by atoms with Gasteiger partial charge in [-0.15, -0.1) is 11.6 Å². The molecule has 0 spiro atoms. The van der Waals surface area contributed by atoms with Crippen LogP contribution in [0.4, 0.5) is 0 Å². The van der Waals surface area contributed by atoms with E-state index in [9.17, 15) is 4.79 Å². The van der Waals surface area contributed by atoms with Crippen molar-refractivity contribution in [2.24, 2.45) is 0 Å². The zero-order valence-corrected chi connectivity index (χ0v) is 16.1. The summed E-state index contributed by atoms with van der Waals surface area (Å²) in [5, 5.41) is 0.194. The van der Waals surface area contributed by atoms with Gasteiger partial charge >= 0.3 is 0 Å². The molecule has 25 heavy (non-hydrogen) atoms. The predicted octanol–water partition coefficient (Wildman–Crippen LogP) is 4.18. The van der Waals surface area contributed by atoms with Crippen LogP contribution in [0.1, 0.15) is 24.6 Å². The minimum absolute atomic E-state index is 0.0664.